The lowest BCUT2D eigenvalue weighted by molar-refractivity contribution is -0.136. The summed E-state index contributed by atoms with van der Waals surface area (Å²) >= 11 is 0.939. The van der Waals surface area contributed by atoms with Gasteiger partial charge in [0.25, 0.3) is 5.56 Å². The van der Waals surface area contributed by atoms with E-state index < -0.39 is 16.8 Å². The number of thioether (sulfide) groups is 1. The molecule has 1 rings (SSSR count). The van der Waals surface area contributed by atoms with Crippen LogP contribution in [0.1, 0.15) is 25.1 Å². The largest absolute Gasteiger partial charge is 0.480 e. The average molecular weight is 253 g/mol. The molecule has 90 valence electrons. The molecule has 0 fully saturated rings. The van der Waals surface area contributed by atoms with Crippen molar-refractivity contribution >= 4 is 17.7 Å². The zero-order chi connectivity index (χ0) is 13.0. The van der Waals surface area contributed by atoms with Crippen molar-refractivity contribution in [1.29, 1.82) is 5.26 Å². The van der Waals surface area contributed by atoms with Crippen LogP contribution in [0, 0.1) is 11.3 Å². The minimum atomic E-state index is -0.986. The summed E-state index contributed by atoms with van der Waals surface area (Å²) in [5.74, 6) is -0.986. The van der Waals surface area contributed by atoms with Crippen LogP contribution in [0.4, 0.5) is 0 Å². The number of aliphatic carboxylic acids is 1. The Morgan fingerprint density at radius 1 is 1.71 bits per heavy atom. The number of aryl methyl sites for hydroxylation is 1. The molecule has 0 saturated heterocycles. The number of nitriles is 1. The maximum atomic E-state index is 11.5. The fraction of sp³-hybridized carbons (Fsp3) is 0.400. The van der Waals surface area contributed by atoms with Gasteiger partial charge in [0.15, 0.2) is 5.16 Å². The molecule has 0 radical (unpaired) electrons. The number of nitrogens with zero attached hydrogens (tertiary/aromatic N) is 2. The van der Waals surface area contributed by atoms with E-state index in [-0.39, 0.29) is 10.7 Å². The molecule has 0 aliphatic heterocycles. The Morgan fingerprint density at radius 3 is 2.82 bits per heavy atom. The molecule has 0 amide bonds. The molecular formula is C10H11N3O3S. The van der Waals surface area contributed by atoms with E-state index >= 15 is 0 Å². The van der Waals surface area contributed by atoms with E-state index in [9.17, 15) is 9.59 Å². The number of nitrogens with one attached hydrogen (secondary N) is 1. The molecule has 0 spiro atoms. The molecule has 2 N–H and O–H groups in total. The van der Waals surface area contributed by atoms with Crippen molar-refractivity contribution in [2.24, 2.45) is 0 Å². The first-order valence-corrected chi connectivity index (χ1v) is 5.80. The summed E-state index contributed by atoms with van der Waals surface area (Å²) < 4.78 is 0. The van der Waals surface area contributed by atoms with E-state index in [1.54, 1.807) is 13.0 Å². The summed E-state index contributed by atoms with van der Waals surface area (Å²) in [6.07, 6.45) is 0.446. The predicted molar refractivity (Wildman–Crippen MR) is 61.9 cm³/mol. The Balaban J connectivity index is 3.13. The highest BCUT2D eigenvalue weighted by molar-refractivity contribution is 8.00. The van der Waals surface area contributed by atoms with Gasteiger partial charge >= 0.3 is 5.97 Å². The van der Waals surface area contributed by atoms with Crippen molar-refractivity contribution in [3.8, 4) is 6.07 Å². The maximum Gasteiger partial charge on any atom is 0.316 e. The molecule has 0 aromatic carbocycles. The summed E-state index contributed by atoms with van der Waals surface area (Å²) in [7, 11) is 0. The van der Waals surface area contributed by atoms with Crippen LogP contribution in [0.3, 0.4) is 0 Å². The van der Waals surface area contributed by atoms with Gasteiger partial charge in [0.05, 0.1) is 5.69 Å². The van der Waals surface area contributed by atoms with Crippen LogP contribution in [0.2, 0.25) is 0 Å². The molecule has 1 aromatic heterocycles. The number of hydrogen-bond donors (Lipinski definition) is 2. The van der Waals surface area contributed by atoms with E-state index in [0.29, 0.717) is 12.1 Å². The number of aromatic amines is 1. The fourth-order valence-corrected chi connectivity index (χ4v) is 1.89. The summed E-state index contributed by atoms with van der Waals surface area (Å²) in [5.41, 5.74) is -0.157. The number of aromatic nitrogens is 2. The van der Waals surface area contributed by atoms with Gasteiger partial charge < -0.3 is 10.1 Å². The third-order valence-corrected chi connectivity index (χ3v) is 3.03. The van der Waals surface area contributed by atoms with Gasteiger partial charge in [0.2, 0.25) is 0 Å². The minimum Gasteiger partial charge on any atom is -0.480 e. The fourth-order valence-electron chi connectivity index (χ4n) is 1.14. The molecule has 0 aliphatic carbocycles. The van der Waals surface area contributed by atoms with Crippen molar-refractivity contribution < 1.29 is 9.90 Å². The van der Waals surface area contributed by atoms with Gasteiger partial charge in [-0.1, -0.05) is 18.7 Å². The zero-order valence-electron chi connectivity index (χ0n) is 9.35. The maximum absolute atomic E-state index is 11.5. The topological polar surface area (TPSA) is 107 Å². The van der Waals surface area contributed by atoms with Crippen molar-refractivity contribution in [3.05, 3.63) is 21.6 Å². The van der Waals surface area contributed by atoms with Crippen LogP contribution < -0.4 is 5.56 Å². The quantitative estimate of drug-likeness (QED) is 0.606. The van der Waals surface area contributed by atoms with Crippen molar-refractivity contribution in [1.82, 2.24) is 9.97 Å². The number of carbonyl (C=O) groups is 1. The Kier molecular flexibility index (Phi) is 4.29. The van der Waals surface area contributed by atoms with Crippen LogP contribution in [0.15, 0.2) is 9.95 Å². The lowest BCUT2D eigenvalue weighted by Crippen LogP contribution is -2.18. The van der Waals surface area contributed by atoms with Gasteiger partial charge in [-0.2, -0.15) is 5.26 Å². The highest BCUT2D eigenvalue weighted by Crippen LogP contribution is 2.19. The number of H-pyrrole nitrogens is 1. The van der Waals surface area contributed by atoms with E-state index in [2.05, 4.69) is 9.97 Å². The summed E-state index contributed by atoms with van der Waals surface area (Å²) in [5, 5.41) is 17.0. The zero-order valence-corrected chi connectivity index (χ0v) is 10.2. The van der Waals surface area contributed by atoms with Gasteiger partial charge in [0, 0.05) is 0 Å². The second kappa shape index (κ2) is 5.50. The molecule has 0 aliphatic rings. The average Bonchev–Trinajstić information content (AvgIpc) is 2.27. The normalized spacial score (nSPS) is 11.8. The number of hydrogen-bond acceptors (Lipinski definition) is 5. The van der Waals surface area contributed by atoms with Gasteiger partial charge in [-0.15, -0.1) is 0 Å². The highest BCUT2D eigenvalue weighted by atomic mass is 32.2. The minimum absolute atomic E-state index is 0.0140. The SMILES string of the molecule is CCc1nc(SC(C)C(=O)O)[nH]c(=O)c1C#N. The van der Waals surface area contributed by atoms with E-state index in [1.165, 1.54) is 6.92 Å². The van der Waals surface area contributed by atoms with Gasteiger partial charge in [-0.3, -0.25) is 9.59 Å². The second-order valence-electron chi connectivity index (χ2n) is 3.26. The first kappa shape index (κ1) is 13.3. The molecular weight excluding hydrogens is 242 g/mol. The molecule has 1 atom stereocenters. The number of rotatable bonds is 4. The molecule has 17 heavy (non-hydrogen) atoms. The second-order valence-corrected chi connectivity index (χ2v) is 4.59. The molecule has 1 heterocycles. The Hall–Kier alpha value is -1.81. The van der Waals surface area contributed by atoms with Crippen LogP contribution in [0.25, 0.3) is 0 Å². The number of carboxylic acids is 1. The van der Waals surface area contributed by atoms with Crippen LogP contribution in [0.5, 0.6) is 0 Å². The molecule has 0 bridgehead atoms. The van der Waals surface area contributed by atoms with E-state index in [1.807, 2.05) is 0 Å². The molecule has 6 nitrogen and oxygen atoms in total. The van der Waals surface area contributed by atoms with Crippen molar-refractivity contribution in [3.63, 3.8) is 0 Å². The van der Waals surface area contributed by atoms with Crippen molar-refractivity contribution in [2.45, 2.75) is 30.7 Å². The Morgan fingerprint density at radius 2 is 2.35 bits per heavy atom. The smallest absolute Gasteiger partial charge is 0.316 e. The van der Waals surface area contributed by atoms with Gasteiger partial charge in [0.1, 0.15) is 16.9 Å². The standard InChI is InChI=1S/C10H11N3O3S/c1-3-7-6(4-11)8(14)13-10(12-7)17-5(2)9(15)16/h5H,3H2,1-2H3,(H,15,16)(H,12,13,14). The van der Waals surface area contributed by atoms with Gasteiger partial charge in [-0.05, 0) is 13.3 Å². The first-order chi connectivity index (χ1) is 7.99. The van der Waals surface area contributed by atoms with Crippen molar-refractivity contribution in [2.75, 3.05) is 0 Å². The summed E-state index contributed by atoms with van der Waals surface area (Å²) in [4.78, 5) is 28.7. The molecule has 1 unspecified atom stereocenters. The molecule has 7 heteroatoms. The summed E-state index contributed by atoms with van der Waals surface area (Å²) in [6.45, 7) is 3.27. The third-order valence-electron chi connectivity index (χ3n) is 2.06. The Labute approximate surface area is 102 Å². The predicted octanol–water partition coefficient (Wildman–Crippen LogP) is 0.769. The third kappa shape index (κ3) is 3.07. The highest BCUT2D eigenvalue weighted by Gasteiger charge is 2.16. The molecule has 1 aromatic rings. The van der Waals surface area contributed by atoms with E-state index in [0.717, 1.165) is 11.8 Å². The van der Waals surface area contributed by atoms with Crippen LogP contribution >= 0.6 is 11.8 Å². The Bertz CT molecular complexity index is 533. The lowest BCUT2D eigenvalue weighted by Gasteiger charge is -2.06. The number of carboxylic acid groups (broad SMARTS) is 1. The summed E-state index contributed by atoms with van der Waals surface area (Å²) in [6, 6.07) is 1.79. The van der Waals surface area contributed by atoms with E-state index in [4.69, 9.17) is 10.4 Å². The van der Waals surface area contributed by atoms with Crippen LogP contribution in [-0.4, -0.2) is 26.3 Å². The van der Waals surface area contributed by atoms with Crippen LogP contribution in [-0.2, 0) is 11.2 Å². The first-order valence-electron chi connectivity index (χ1n) is 4.92. The van der Waals surface area contributed by atoms with Gasteiger partial charge in [-0.25, -0.2) is 4.98 Å². The molecule has 0 saturated carbocycles. The monoisotopic (exact) mass is 253 g/mol. The lowest BCUT2D eigenvalue weighted by atomic mass is 10.2.